The van der Waals surface area contributed by atoms with E-state index in [2.05, 4.69) is 15.3 Å². The van der Waals surface area contributed by atoms with E-state index in [1.165, 1.54) is 18.5 Å². The first-order valence-electron chi connectivity index (χ1n) is 5.75. The monoisotopic (exact) mass is 307 g/mol. The van der Waals surface area contributed by atoms with Crippen LogP contribution in [0.5, 0.6) is 0 Å². The normalized spacial score (nSPS) is 10.8. The summed E-state index contributed by atoms with van der Waals surface area (Å²) in [7, 11) is 0. The second-order valence-corrected chi connectivity index (χ2v) is 5.04. The van der Waals surface area contributed by atoms with Gasteiger partial charge in [0, 0.05) is 21.1 Å². The Morgan fingerprint density at radius 2 is 1.70 bits per heavy atom. The van der Waals surface area contributed by atoms with Gasteiger partial charge in [-0.3, -0.25) is 0 Å². The number of halogens is 3. The Morgan fingerprint density at radius 1 is 0.950 bits per heavy atom. The topological polar surface area (TPSA) is 37.8 Å². The van der Waals surface area contributed by atoms with Crippen molar-refractivity contribution in [2.24, 2.45) is 0 Å². The maximum Gasteiger partial charge on any atom is 0.141 e. The molecule has 0 atom stereocenters. The van der Waals surface area contributed by atoms with Crippen LogP contribution in [0, 0.1) is 5.82 Å². The van der Waals surface area contributed by atoms with Gasteiger partial charge in [0.1, 0.15) is 18.0 Å². The molecule has 0 spiro atoms. The molecule has 0 saturated heterocycles. The van der Waals surface area contributed by atoms with Crippen LogP contribution >= 0.6 is 23.2 Å². The van der Waals surface area contributed by atoms with Gasteiger partial charge in [-0.15, -0.1) is 0 Å². The zero-order valence-electron chi connectivity index (χ0n) is 10.1. The molecular formula is C14H8Cl2FN3. The lowest BCUT2D eigenvalue weighted by Crippen LogP contribution is -1.96. The van der Waals surface area contributed by atoms with Crippen molar-refractivity contribution < 1.29 is 4.39 Å². The Hall–Kier alpha value is -1.91. The van der Waals surface area contributed by atoms with Crippen molar-refractivity contribution in [3.63, 3.8) is 0 Å². The van der Waals surface area contributed by atoms with Gasteiger partial charge in [0.05, 0.1) is 5.52 Å². The van der Waals surface area contributed by atoms with E-state index in [1.54, 1.807) is 24.3 Å². The van der Waals surface area contributed by atoms with Gasteiger partial charge in [-0.05, 0) is 36.4 Å². The summed E-state index contributed by atoms with van der Waals surface area (Å²) in [6.07, 6.45) is 1.41. The van der Waals surface area contributed by atoms with E-state index in [4.69, 9.17) is 23.2 Å². The van der Waals surface area contributed by atoms with Crippen LogP contribution in [0.4, 0.5) is 15.9 Å². The Labute approximate surface area is 124 Å². The fraction of sp³-hybridized carbons (Fsp3) is 0. The number of rotatable bonds is 2. The molecule has 6 heteroatoms. The summed E-state index contributed by atoms with van der Waals surface area (Å²) >= 11 is 11.9. The molecule has 0 amide bonds. The van der Waals surface area contributed by atoms with Crippen LogP contribution in [0.15, 0.2) is 42.7 Å². The van der Waals surface area contributed by atoms with Gasteiger partial charge in [0.25, 0.3) is 0 Å². The summed E-state index contributed by atoms with van der Waals surface area (Å²) in [5.41, 5.74) is 1.32. The summed E-state index contributed by atoms with van der Waals surface area (Å²) in [5, 5.41) is 4.66. The van der Waals surface area contributed by atoms with Crippen LogP contribution in [0.25, 0.3) is 10.9 Å². The zero-order valence-corrected chi connectivity index (χ0v) is 11.6. The molecule has 0 bridgehead atoms. The average molecular weight is 308 g/mol. The van der Waals surface area contributed by atoms with Crippen molar-refractivity contribution in [3.05, 3.63) is 58.6 Å². The molecule has 20 heavy (non-hydrogen) atoms. The third kappa shape index (κ3) is 2.66. The molecular weight excluding hydrogens is 300 g/mol. The molecule has 3 nitrogen and oxygen atoms in total. The average Bonchev–Trinajstić information content (AvgIpc) is 2.38. The van der Waals surface area contributed by atoms with Crippen molar-refractivity contribution in [3.8, 4) is 0 Å². The number of fused-ring (bicyclic) bond motifs is 1. The Kier molecular flexibility index (Phi) is 3.42. The van der Waals surface area contributed by atoms with Gasteiger partial charge in [-0.1, -0.05) is 23.2 Å². The maximum atomic E-state index is 13.4. The summed E-state index contributed by atoms with van der Waals surface area (Å²) in [6, 6.07) is 9.38. The summed E-state index contributed by atoms with van der Waals surface area (Å²) < 4.78 is 13.4. The van der Waals surface area contributed by atoms with Crippen LogP contribution in [-0.4, -0.2) is 9.97 Å². The molecule has 3 rings (SSSR count). The fourth-order valence-electron chi connectivity index (χ4n) is 1.89. The predicted molar refractivity (Wildman–Crippen MR) is 79.2 cm³/mol. The second kappa shape index (κ2) is 5.23. The Bertz CT molecular complexity index is 772. The molecule has 3 aromatic rings. The molecule has 0 aliphatic heterocycles. The number of aromatic nitrogens is 2. The van der Waals surface area contributed by atoms with E-state index in [0.717, 1.165) is 0 Å². The van der Waals surface area contributed by atoms with E-state index in [9.17, 15) is 4.39 Å². The lowest BCUT2D eigenvalue weighted by molar-refractivity contribution is 0.629. The number of nitrogens with one attached hydrogen (secondary N) is 1. The quantitative estimate of drug-likeness (QED) is 0.737. The van der Waals surface area contributed by atoms with Crippen molar-refractivity contribution in [1.29, 1.82) is 0 Å². The molecule has 0 saturated carbocycles. The number of hydrogen-bond acceptors (Lipinski definition) is 3. The number of benzene rings is 2. The van der Waals surface area contributed by atoms with E-state index in [0.29, 0.717) is 32.5 Å². The SMILES string of the molecule is Fc1ccc2ncnc(Nc3cc(Cl)cc(Cl)c3)c2c1. The fourth-order valence-corrected chi connectivity index (χ4v) is 2.42. The highest BCUT2D eigenvalue weighted by Crippen LogP contribution is 2.27. The number of nitrogens with zero attached hydrogens (tertiary/aromatic N) is 2. The molecule has 0 aliphatic rings. The van der Waals surface area contributed by atoms with Crippen molar-refractivity contribution in [1.82, 2.24) is 9.97 Å². The van der Waals surface area contributed by atoms with Gasteiger partial charge in [0.15, 0.2) is 0 Å². The molecule has 1 heterocycles. The molecule has 100 valence electrons. The molecule has 2 aromatic carbocycles. The van der Waals surface area contributed by atoms with Crippen LogP contribution in [0.2, 0.25) is 10.0 Å². The first kappa shape index (κ1) is 13.1. The first-order chi connectivity index (χ1) is 9.61. The Morgan fingerprint density at radius 3 is 2.45 bits per heavy atom. The van der Waals surface area contributed by atoms with E-state index in [1.807, 2.05) is 0 Å². The van der Waals surface area contributed by atoms with Crippen LogP contribution in [-0.2, 0) is 0 Å². The molecule has 0 unspecified atom stereocenters. The highest BCUT2D eigenvalue weighted by Gasteiger charge is 2.06. The van der Waals surface area contributed by atoms with Crippen LogP contribution < -0.4 is 5.32 Å². The lowest BCUT2D eigenvalue weighted by atomic mass is 10.2. The Balaban J connectivity index is 2.08. The summed E-state index contributed by atoms with van der Waals surface area (Å²) in [4.78, 5) is 8.22. The van der Waals surface area contributed by atoms with Crippen LogP contribution in [0.1, 0.15) is 0 Å². The van der Waals surface area contributed by atoms with Crippen LogP contribution in [0.3, 0.4) is 0 Å². The molecule has 0 fully saturated rings. The van der Waals surface area contributed by atoms with E-state index in [-0.39, 0.29) is 5.82 Å². The largest absolute Gasteiger partial charge is 0.340 e. The van der Waals surface area contributed by atoms with Gasteiger partial charge < -0.3 is 5.32 Å². The number of hydrogen-bond donors (Lipinski definition) is 1. The predicted octanol–water partition coefficient (Wildman–Crippen LogP) is 4.82. The minimum Gasteiger partial charge on any atom is -0.340 e. The van der Waals surface area contributed by atoms with E-state index >= 15 is 0 Å². The zero-order chi connectivity index (χ0) is 14.1. The van der Waals surface area contributed by atoms with Crippen molar-refractivity contribution in [2.75, 3.05) is 5.32 Å². The second-order valence-electron chi connectivity index (χ2n) is 4.17. The van der Waals surface area contributed by atoms with Gasteiger partial charge in [-0.25, -0.2) is 14.4 Å². The third-order valence-electron chi connectivity index (χ3n) is 2.72. The molecule has 0 aliphatic carbocycles. The highest BCUT2D eigenvalue weighted by molar-refractivity contribution is 6.35. The number of anilines is 2. The first-order valence-corrected chi connectivity index (χ1v) is 6.51. The highest BCUT2D eigenvalue weighted by atomic mass is 35.5. The van der Waals surface area contributed by atoms with Crippen molar-refractivity contribution >= 4 is 45.6 Å². The smallest absolute Gasteiger partial charge is 0.141 e. The standard InChI is InChI=1S/C14H8Cl2FN3/c15-8-3-9(16)5-11(4-8)20-14-12-6-10(17)1-2-13(12)18-7-19-14/h1-7H,(H,18,19,20). The van der Waals surface area contributed by atoms with Gasteiger partial charge >= 0.3 is 0 Å². The minimum absolute atomic E-state index is 0.348. The van der Waals surface area contributed by atoms with Crippen molar-refractivity contribution in [2.45, 2.75) is 0 Å². The maximum absolute atomic E-state index is 13.4. The van der Waals surface area contributed by atoms with E-state index < -0.39 is 0 Å². The minimum atomic E-state index is -0.348. The molecule has 1 N–H and O–H groups in total. The molecule has 1 aromatic heterocycles. The third-order valence-corrected chi connectivity index (χ3v) is 3.16. The summed E-state index contributed by atoms with van der Waals surface area (Å²) in [6.45, 7) is 0. The van der Waals surface area contributed by atoms with Gasteiger partial charge in [-0.2, -0.15) is 0 Å². The lowest BCUT2D eigenvalue weighted by Gasteiger charge is -2.09. The molecule has 0 radical (unpaired) electrons. The van der Waals surface area contributed by atoms with Gasteiger partial charge in [0.2, 0.25) is 0 Å². The summed E-state index contributed by atoms with van der Waals surface area (Å²) in [5.74, 6) is 0.146.